The SMILES string of the molecule is C#CCn1c(C(=O)O)cc2cc(Br)ccc21. The van der Waals surface area contributed by atoms with Crippen LogP contribution in [0.3, 0.4) is 0 Å². The van der Waals surface area contributed by atoms with Gasteiger partial charge in [-0.15, -0.1) is 6.42 Å². The molecule has 0 spiro atoms. The number of rotatable bonds is 2. The van der Waals surface area contributed by atoms with Crippen LogP contribution < -0.4 is 0 Å². The van der Waals surface area contributed by atoms with E-state index in [0.29, 0.717) is 0 Å². The zero-order chi connectivity index (χ0) is 11.7. The van der Waals surface area contributed by atoms with Gasteiger partial charge in [-0.25, -0.2) is 4.79 Å². The van der Waals surface area contributed by atoms with Gasteiger partial charge in [-0.1, -0.05) is 21.9 Å². The summed E-state index contributed by atoms with van der Waals surface area (Å²) >= 11 is 3.35. The Hall–Kier alpha value is -1.73. The van der Waals surface area contributed by atoms with Crippen LogP contribution in [0.2, 0.25) is 0 Å². The minimum atomic E-state index is -0.970. The summed E-state index contributed by atoms with van der Waals surface area (Å²) in [4.78, 5) is 11.0. The summed E-state index contributed by atoms with van der Waals surface area (Å²) in [6.45, 7) is 0.257. The number of nitrogens with zero attached hydrogens (tertiary/aromatic N) is 1. The van der Waals surface area contributed by atoms with Crippen LogP contribution >= 0.6 is 15.9 Å². The monoisotopic (exact) mass is 277 g/mol. The zero-order valence-electron chi connectivity index (χ0n) is 8.27. The van der Waals surface area contributed by atoms with E-state index in [1.54, 1.807) is 10.6 Å². The summed E-state index contributed by atoms with van der Waals surface area (Å²) in [5.41, 5.74) is 1.05. The van der Waals surface area contributed by atoms with Crippen molar-refractivity contribution in [3.05, 3.63) is 34.4 Å². The van der Waals surface area contributed by atoms with Crippen LogP contribution in [0.25, 0.3) is 10.9 Å². The van der Waals surface area contributed by atoms with Crippen molar-refractivity contribution in [1.82, 2.24) is 4.57 Å². The molecule has 1 heterocycles. The molecule has 0 unspecified atom stereocenters. The summed E-state index contributed by atoms with van der Waals surface area (Å²) in [6, 6.07) is 7.21. The fourth-order valence-corrected chi connectivity index (χ4v) is 2.06. The summed E-state index contributed by atoms with van der Waals surface area (Å²) in [5, 5.41) is 9.92. The molecule has 80 valence electrons. The predicted molar refractivity (Wildman–Crippen MR) is 65.4 cm³/mol. The van der Waals surface area contributed by atoms with Gasteiger partial charge in [0, 0.05) is 15.4 Å². The molecular formula is C12H8BrNO2. The summed E-state index contributed by atoms with van der Waals surface area (Å²) in [7, 11) is 0. The van der Waals surface area contributed by atoms with Crippen molar-refractivity contribution in [1.29, 1.82) is 0 Å². The summed E-state index contributed by atoms with van der Waals surface area (Å²) in [5.74, 6) is 1.49. The lowest BCUT2D eigenvalue weighted by atomic mass is 10.2. The van der Waals surface area contributed by atoms with Gasteiger partial charge in [0.05, 0.1) is 6.54 Å². The lowest BCUT2D eigenvalue weighted by Gasteiger charge is -2.03. The minimum absolute atomic E-state index is 0.214. The maximum absolute atomic E-state index is 11.0. The molecule has 0 saturated heterocycles. The third kappa shape index (κ3) is 1.70. The van der Waals surface area contributed by atoms with E-state index in [2.05, 4.69) is 21.9 Å². The van der Waals surface area contributed by atoms with Gasteiger partial charge in [-0.3, -0.25) is 0 Å². The van der Waals surface area contributed by atoms with Crippen LogP contribution in [0, 0.1) is 12.3 Å². The second kappa shape index (κ2) is 4.03. The molecule has 0 fully saturated rings. The first-order valence-electron chi connectivity index (χ1n) is 4.59. The third-order valence-corrected chi connectivity index (χ3v) is 2.83. The van der Waals surface area contributed by atoms with Gasteiger partial charge in [0.2, 0.25) is 0 Å². The number of carboxylic acid groups (broad SMARTS) is 1. The van der Waals surface area contributed by atoms with Crippen LogP contribution in [0.15, 0.2) is 28.7 Å². The largest absolute Gasteiger partial charge is 0.477 e. The fourth-order valence-electron chi connectivity index (χ4n) is 1.68. The molecule has 2 aromatic rings. The van der Waals surface area contributed by atoms with Crippen molar-refractivity contribution in [3.8, 4) is 12.3 Å². The van der Waals surface area contributed by atoms with Crippen molar-refractivity contribution >= 4 is 32.8 Å². The topological polar surface area (TPSA) is 42.2 Å². The van der Waals surface area contributed by atoms with E-state index in [1.165, 1.54) is 0 Å². The second-order valence-corrected chi connectivity index (χ2v) is 4.24. The fraction of sp³-hybridized carbons (Fsp3) is 0.0833. The zero-order valence-corrected chi connectivity index (χ0v) is 9.86. The molecule has 0 aliphatic heterocycles. The van der Waals surface area contributed by atoms with Gasteiger partial charge in [0.25, 0.3) is 0 Å². The lowest BCUT2D eigenvalue weighted by Crippen LogP contribution is -2.07. The van der Waals surface area contributed by atoms with Gasteiger partial charge >= 0.3 is 5.97 Å². The van der Waals surface area contributed by atoms with Crippen LogP contribution in [0.1, 0.15) is 10.5 Å². The molecule has 1 N–H and O–H groups in total. The number of hydrogen-bond donors (Lipinski definition) is 1. The molecule has 0 amide bonds. The average Bonchev–Trinajstić information content (AvgIpc) is 2.57. The molecule has 2 rings (SSSR count). The van der Waals surface area contributed by atoms with Gasteiger partial charge < -0.3 is 9.67 Å². The van der Waals surface area contributed by atoms with Gasteiger partial charge in [0.15, 0.2) is 0 Å². The molecule has 1 aromatic heterocycles. The molecule has 0 atom stereocenters. The van der Waals surface area contributed by atoms with E-state index in [1.807, 2.05) is 18.2 Å². The quantitative estimate of drug-likeness (QED) is 0.858. The van der Waals surface area contributed by atoms with Crippen molar-refractivity contribution < 1.29 is 9.90 Å². The highest BCUT2D eigenvalue weighted by atomic mass is 79.9. The molecule has 0 radical (unpaired) electrons. The molecule has 0 aliphatic rings. The number of hydrogen-bond acceptors (Lipinski definition) is 1. The number of terminal acetylenes is 1. The first-order valence-corrected chi connectivity index (χ1v) is 5.38. The van der Waals surface area contributed by atoms with Crippen LogP contribution in [0.5, 0.6) is 0 Å². The maximum Gasteiger partial charge on any atom is 0.352 e. The normalized spacial score (nSPS) is 10.2. The smallest absolute Gasteiger partial charge is 0.352 e. The van der Waals surface area contributed by atoms with E-state index in [9.17, 15) is 4.79 Å². The van der Waals surface area contributed by atoms with Crippen molar-refractivity contribution in [2.75, 3.05) is 0 Å². The Bertz CT molecular complexity index is 607. The van der Waals surface area contributed by atoms with Crippen molar-refractivity contribution in [2.45, 2.75) is 6.54 Å². The number of benzene rings is 1. The number of aromatic nitrogens is 1. The van der Waals surface area contributed by atoms with Gasteiger partial charge in [-0.05, 0) is 24.3 Å². The minimum Gasteiger partial charge on any atom is -0.477 e. The van der Waals surface area contributed by atoms with E-state index in [-0.39, 0.29) is 12.2 Å². The van der Waals surface area contributed by atoms with E-state index in [0.717, 1.165) is 15.4 Å². The highest BCUT2D eigenvalue weighted by molar-refractivity contribution is 9.10. The predicted octanol–water partition coefficient (Wildman–Crippen LogP) is 2.74. The van der Waals surface area contributed by atoms with Crippen LogP contribution in [-0.4, -0.2) is 15.6 Å². The van der Waals surface area contributed by atoms with E-state index >= 15 is 0 Å². The van der Waals surface area contributed by atoms with Crippen molar-refractivity contribution in [2.24, 2.45) is 0 Å². The molecule has 1 aromatic carbocycles. The molecule has 0 saturated carbocycles. The highest BCUT2D eigenvalue weighted by Gasteiger charge is 2.13. The van der Waals surface area contributed by atoms with E-state index < -0.39 is 5.97 Å². The Morgan fingerprint density at radius 1 is 1.50 bits per heavy atom. The lowest BCUT2D eigenvalue weighted by molar-refractivity contribution is 0.0686. The highest BCUT2D eigenvalue weighted by Crippen LogP contribution is 2.23. The Labute approximate surface area is 101 Å². The van der Waals surface area contributed by atoms with Crippen molar-refractivity contribution in [3.63, 3.8) is 0 Å². The standard InChI is InChI=1S/C12H8BrNO2/c1-2-5-14-10-4-3-9(13)6-8(10)7-11(14)12(15)16/h1,3-4,6-7H,5H2,(H,15,16). The van der Waals surface area contributed by atoms with Gasteiger partial charge in [-0.2, -0.15) is 0 Å². The number of halogens is 1. The molecule has 0 aliphatic carbocycles. The number of carboxylic acids is 1. The summed E-state index contributed by atoms with van der Waals surface area (Å²) in [6.07, 6.45) is 5.24. The Kier molecular flexibility index (Phi) is 2.71. The average molecular weight is 278 g/mol. The molecule has 4 heteroatoms. The second-order valence-electron chi connectivity index (χ2n) is 3.33. The molecular weight excluding hydrogens is 270 g/mol. The Morgan fingerprint density at radius 3 is 2.88 bits per heavy atom. The molecule has 0 bridgehead atoms. The first kappa shape index (κ1) is 10.8. The number of fused-ring (bicyclic) bond motifs is 1. The van der Waals surface area contributed by atoms with Gasteiger partial charge in [0.1, 0.15) is 5.69 Å². The Balaban J connectivity index is 2.76. The van der Waals surface area contributed by atoms with Crippen LogP contribution in [-0.2, 0) is 6.54 Å². The molecule has 16 heavy (non-hydrogen) atoms. The third-order valence-electron chi connectivity index (χ3n) is 2.33. The Morgan fingerprint density at radius 2 is 2.25 bits per heavy atom. The molecule has 3 nitrogen and oxygen atoms in total. The van der Waals surface area contributed by atoms with Crippen LogP contribution in [0.4, 0.5) is 0 Å². The first-order chi connectivity index (χ1) is 7.63. The number of carbonyl (C=O) groups is 1. The summed E-state index contributed by atoms with van der Waals surface area (Å²) < 4.78 is 2.53. The maximum atomic E-state index is 11.0. The van der Waals surface area contributed by atoms with E-state index in [4.69, 9.17) is 11.5 Å². The number of aromatic carboxylic acids is 1.